The highest BCUT2D eigenvalue weighted by atomic mass is 16.4. The maximum Gasteiger partial charge on any atom is 0.336 e. The first kappa shape index (κ1) is 16.7. The summed E-state index contributed by atoms with van der Waals surface area (Å²) in [4.78, 5) is 13.7. The Morgan fingerprint density at radius 3 is 2.42 bits per heavy atom. The third-order valence-electron chi connectivity index (χ3n) is 4.67. The predicted octanol–water partition coefficient (Wildman–Crippen LogP) is 3.14. The van der Waals surface area contributed by atoms with Crippen LogP contribution in [0.25, 0.3) is 0 Å². The lowest BCUT2D eigenvalue weighted by Crippen LogP contribution is -2.42. The summed E-state index contributed by atoms with van der Waals surface area (Å²) in [5, 5.41) is 12.8. The van der Waals surface area contributed by atoms with Crippen LogP contribution in [0.15, 0.2) is 54.6 Å². The Morgan fingerprint density at radius 2 is 1.71 bits per heavy atom. The topological polar surface area (TPSA) is 52.6 Å². The first-order chi connectivity index (χ1) is 11.7. The third kappa shape index (κ3) is 4.43. The molecule has 1 heterocycles. The number of benzene rings is 2. The Hall–Kier alpha value is -2.17. The van der Waals surface area contributed by atoms with Crippen LogP contribution in [0, 0.1) is 0 Å². The fourth-order valence-electron chi connectivity index (χ4n) is 3.27. The number of rotatable bonds is 6. The van der Waals surface area contributed by atoms with Crippen molar-refractivity contribution in [1.82, 2.24) is 10.2 Å². The number of nitrogens with zero attached hydrogens (tertiary/aromatic N) is 1. The molecule has 0 atom stereocenters. The number of nitrogens with one attached hydrogen (secondary N) is 1. The van der Waals surface area contributed by atoms with E-state index in [1.807, 2.05) is 12.1 Å². The van der Waals surface area contributed by atoms with Crippen molar-refractivity contribution in [3.05, 3.63) is 71.3 Å². The molecule has 0 spiro atoms. The van der Waals surface area contributed by atoms with Crippen LogP contribution < -0.4 is 5.32 Å². The van der Waals surface area contributed by atoms with Crippen LogP contribution in [0.4, 0.5) is 0 Å². The molecule has 1 fully saturated rings. The molecule has 0 amide bonds. The van der Waals surface area contributed by atoms with Crippen molar-refractivity contribution in [2.45, 2.75) is 32.0 Å². The third-order valence-corrected chi connectivity index (χ3v) is 4.67. The van der Waals surface area contributed by atoms with E-state index in [0.29, 0.717) is 18.2 Å². The van der Waals surface area contributed by atoms with Gasteiger partial charge >= 0.3 is 5.97 Å². The molecule has 0 saturated carbocycles. The number of carboxylic acids is 1. The Labute approximate surface area is 143 Å². The summed E-state index contributed by atoms with van der Waals surface area (Å²) in [5.41, 5.74) is 2.61. The summed E-state index contributed by atoms with van der Waals surface area (Å²) >= 11 is 0. The van der Waals surface area contributed by atoms with Crippen molar-refractivity contribution in [3.63, 3.8) is 0 Å². The van der Waals surface area contributed by atoms with Crippen LogP contribution in [0.1, 0.15) is 34.3 Å². The van der Waals surface area contributed by atoms with Crippen molar-refractivity contribution >= 4 is 5.97 Å². The second kappa shape index (κ2) is 8.08. The van der Waals surface area contributed by atoms with E-state index >= 15 is 0 Å². The van der Waals surface area contributed by atoms with Crippen LogP contribution in [0.2, 0.25) is 0 Å². The minimum absolute atomic E-state index is 0.395. The Bertz CT molecular complexity index is 664. The average molecular weight is 324 g/mol. The first-order valence-corrected chi connectivity index (χ1v) is 8.53. The van der Waals surface area contributed by atoms with Gasteiger partial charge in [0, 0.05) is 19.1 Å². The van der Waals surface area contributed by atoms with Gasteiger partial charge < -0.3 is 10.4 Å². The lowest BCUT2D eigenvalue weighted by atomic mass is 10.0. The Balaban J connectivity index is 1.47. The van der Waals surface area contributed by atoms with E-state index < -0.39 is 5.97 Å². The van der Waals surface area contributed by atoms with Gasteiger partial charge in [0.1, 0.15) is 0 Å². The molecule has 4 nitrogen and oxygen atoms in total. The highest BCUT2D eigenvalue weighted by Crippen LogP contribution is 2.15. The Kier molecular flexibility index (Phi) is 5.62. The first-order valence-electron chi connectivity index (χ1n) is 8.53. The summed E-state index contributed by atoms with van der Waals surface area (Å²) in [6.07, 6.45) is 2.20. The molecule has 4 heteroatoms. The van der Waals surface area contributed by atoms with Gasteiger partial charge in [0.2, 0.25) is 0 Å². The van der Waals surface area contributed by atoms with E-state index in [-0.39, 0.29) is 0 Å². The molecule has 2 N–H and O–H groups in total. The van der Waals surface area contributed by atoms with E-state index in [1.54, 1.807) is 12.1 Å². The van der Waals surface area contributed by atoms with Crippen LogP contribution in [0.3, 0.4) is 0 Å². The SMILES string of the molecule is O=C(O)c1ccccc1CNC1CCN(Cc2ccccc2)CC1. The predicted molar refractivity (Wildman–Crippen MR) is 95.0 cm³/mol. The van der Waals surface area contributed by atoms with E-state index in [9.17, 15) is 9.90 Å². The van der Waals surface area contributed by atoms with Gasteiger partial charge in [0.15, 0.2) is 0 Å². The summed E-state index contributed by atoms with van der Waals surface area (Å²) < 4.78 is 0. The zero-order valence-electron chi connectivity index (χ0n) is 13.8. The molecule has 0 aromatic heterocycles. The highest BCUT2D eigenvalue weighted by molar-refractivity contribution is 5.89. The zero-order chi connectivity index (χ0) is 16.8. The molecule has 2 aromatic carbocycles. The molecule has 1 saturated heterocycles. The maximum absolute atomic E-state index is 11.3. The molecule has 0 unspecified atom stereocenters. The number of hydrogen-bond donors (Lipinski definition) is 2. The second-order valence-corrected chi connectivity index (χ2v) is 6.38. The smallest absolute Gasteiger partial charge is 0.336 e. The molecule has 24 heavy (non-hydrogen) atoms. The lowest BCUT2D eigenvalue weighted by molar-refractivity contribution is 0.0695. The van der Waals surface area contributed by atoms with E-state index in [4.69, 9.17) is 0 Å². The molecule has 0 radical (unpaired) electrons. The standard InChI is InChI=1S/C20H24N2O2/c23-20(24)19-9-5-4-8-17(19)14-21-18-10-12-22(13-11-18)15-16-6-2-1-3-7-16/h1-9,18,21H,10-15H2,(H,23,24). The van der Waals surface area contributed by atoms with Crippen LogP contribution in [0.5, 0.6) is 0 Å². The Morgan fingerprint density at radius 1 is 1.04 bits per heavy atom. The molecular weight excluding hydrogens is 300 g/mol. The van der Waals surface area contributed by atoms with Crippen LogP contribution >= 0.6 is 0 Å². The molecule has 3 rings (SSSR count). The largest absolute Gasteiger partial charge is 0.478 e. The summed E-state index contributed by atoms with van der Waals surface area (Å²) in [6, 6.07) is 18.3. The minimum Gasteiger partial charge on any atom is -0.478 e. The van der Waals surface area contributed by atoms with Crippen molar-refractivity contribution < 1.29 is 9.90 Å². The van der Waals surface area contributed by atoms with Gasteiger partial charge in [-0.25, -0.2) is 4.79 Å². The second-order valence-electron chi connectivity index (χ2n) is 6.38. The van der Waals surface area contributed by atoms with Gasteiger partial charge in [-0.05, 0) is 43.1 Å². The molecular formula is C20H24N2O2. The zero-order valence-corrected chi connectivity index (χ0v) is 13.8. The lowest BCUT2D eigenvalue weighted by Gasteiger charge is -2.32. The number of hydrogen-bond acceptors (Lipinski definition) is 3. The van der Waals surface area contributed by atoms with E-state index in [2.05, 4.69) is 40.5 Å². The number of likely N-dealkylation sites (tertiary alicyclic amines) is 1. The summed E-state index contributed by atoms with van der Waals surface area (Å²) in [5.74, 6) is -0.856. The van der Waals surface area contributed by atoms with Gasteiger partial charge in [-0.3, -0.25) is 4.90 Å². The van der Waals surface area contributed by atoms with Gasteiger partial charge in [-0.15, -0.1) is 0 Å². The summed E-state index contributed by atoms with van der Waals surface area (Å²) in [7, 11) is 0. The minimum atomic E-state index is -0.856. The van der Waals surface area contributed by atoms with E-state index in [1.165, 1.54) is 5.56 Å². The monoisotopic (exact) mass is 324 g/mol. The average Bonchev–Trinajstić information content (AvgIpc) is 2.62. The maximum atomic E-state index is 11.3. The molecule has 0 bridgehead atoms. The van der Waals surface area contributed by atoms with Gasteiger partial charge in [0.25, 0.3) is 0 Å². The van der Waals surface area contributed by atoms with Gasteiger partial charge in [0.05, 0.1) is 5.56 Å². The quantitative estimate of drug-likeness (QED) is 0.857. The van der Waals surface area contributed by atoms with Crippen molar-refractivity contribution in [2.75, 3.05) is 13.1 Å². The normalized spacial score (nSPS) is 16.2. The molecule has 0 aliphatic carbocycles. The molecule has 126 valence electrons. The number of carbonyl (C=O) groups is 1. The fourth-order valence-corrected chi connectivity index (χ4v) is 3.27. The molecule has 1 aliphatic rings. The molecule has 2 aromatic rings. The van der Waals surface area contributed by atoms with Crippen LogP contribution in [-0.4, -0.2) is 35.1 Å². The highest BCUT2D eigenvalue weighted by Gasteiger charge is 2.19. The summed E-state index contributed by atoms with van der Waals surface area (Å²) in [6.45, 7) is 3.78. The van der Waals surface area contributed by atoms with Crippen molar-refractivity contribution in [1.29, 1.82) is 0 Å². The van der Waals surface area contributed by atoms with Crippen molar-refractivity contribution in [3.8, 4) is 0 Å². The number of aromatic carboxylic acids is 1. The molecule has 1 aliphatic heterocycles. The van der Waals surface area contributed by atoms with Crippen LogP contribution in [-0.2, 0) is 13.1 Å². The fraction of sp³-hybridized carbons (Fsp3) is 0.350. The van der Waals surface area contributed by atoms with E-state index in [0.717, 1.165) is 38.0 Å². The van der Waals surface area contributed by atoms with Gasteiger partial charge in [-0.1, -0.05) is 48.5 Å². The number of piperidine rings is 1. The van der Waals surface area contributed by atoms with Crippen molar-refractivity contribution in [2.24, 2.45) is 0 Å². The number of carboxylic acid groups (broad SMARTS) is 1. The van der Waals surface area contributed by atoms with Gasteiger partial charge in [-0.2, -0.15) is 0 Å².